The van der Waals surface area contributed by atoms with Gasteiger partial charge in [-0.1, -0.05) is 12.2 Å². The van der Waals surface area contributed by atoms with E-state index in [-0.39, 0.29) is 24.4 Å². The molecule has 0 aromatic carbocycles. The van der Waals surface area contributed by atoms with Crippen molar-refractivity contribution < 1.29 is 18.0 Å². The van der Waals surface area contributed by atoms with Gasteiger partial charge in [0, 0.05) is 62.4 Å². The second-order valence-corrected chi connectivity index (χ2v) is 9.17. The van der Waals surface area contributed by atoms with Crippen molar-refractivity contribution in [1.29, 1.82) is 0 Å². The van der Waals surface area contributed by atoms with Crippen LogP contribution in [0.2, 0.25) is 0 Å². The third-order valence-corrected chi connectivity index (χ3v) is 7.07. The third kappa shape index (κ3) is 4.25. The monoisotopic (exact) mass is 463 g/mol. The first-order valence-corrected chi connectivity index (χ1v) is 11.4. The number of nitrogens with zero attached hydrogens (tertiary/aromatic N) is 4. The van der Waals surface area contributed by atoms with Crippen LogP contribution in [0, 0.1) is 11.8 Å². The molecule has 2 fully saturated rings. The number of halogens is 3. The van der Waals surface area contributed by atoms with E-state index < -0.39 is 23.7 Å². The van der Waals surface area contributed by atoms with E-state index in [2.05, 4.69) is 26.3 Å². The van der Waals surface area contributed by atoms with Crippen molar-refractivity contribution in [2.24, 2.45) is 24.0 Å². The minimum Gasteiger partial charge on any atom is -0.333 e. The van der Waals surface area contributed by atoms with Crippen molar-refractivity contribution in [2.45, 2.75) is 37.5 Å². The molecule has 0 spiro atoms. The fourth-order valence-corrected chi connectivity index (χ4v) is 5.38. The molecule has 0 bridgehead atoms. The lowest BCUT2D eigenvalue weighted by molar-refractivity contribution is -0.0952. The summed E-state index contributed by atoms with van der Waals surface area (Å²) in [6.07, 6.45) is 3.83. The van der Waals surface area contributed by atoms with Gasteiger partial charge in [0.15, 0.2) is 0 Å². The van der Waals surface area contributed by atoms with Crippen LogP contribution in [-0.4, -0.2) is 70.9 Å². The molecule has 178 valence electrons. The summed E-state index contributed by atoms with van der Waals surface area (Å²) in [6, 6.07) is -0.464. The van der Waals surface area contributed by atoms with E-state index in [1.54, 1.807) is 27.9 Å². The van der Waals surface area contributed by atoms with Crippen LogP contribution in [0.15, 0.2) is 40.8 Å². The number of allylic oxidation sites excluding steroid dienone is 3. The molecule has 2 saturated heterocycles. The van der Waals surface area contributed by atoms with Gasteiger partial charge in [0.2, 0.25) is 0 Å². The number of alkyl halides is 3. The molecule has 11 heteroatoms. The smallest absolute Gasteiger partial charge is 0.333 e. The van der Waals surface area contributed by atoms with Crippen molar-refractivity contribution >= 4 is 11.7 Å². The number of likely N-dealkylation sites (tertiary alicyclic amines) is 1. The number of urea groups is 1. The molecular weight excluding hydrogens is 435 g/mol. The number of hydrogen-bond acceptors (Lipinski definition) is 5. The van der Waals surface area contributed by atoms with Gasteiger partial charge in [0.1, 0.15) is 0 Å². The van der Waals surface area contributed by atoms with Crippen LogP contribution in [0.4, 0.5) is 18.0 Å². The Morgan fingerprint density at radius 3 is 2.88 bits per heavy atom. The first-order valence-electron chi connectivity index (χ1n) is 11.4. The highest BCUT2D eigenvalue weighted by Gasteiger charge is 2.42. The van der Waals surface area contributed by atoms with Gasteiger partial charge < -0.3 is 21.0 Å². The number of fused-ring (bicyclic) bond motifs is 1. The molecule has 2 amide bonds. The number of carbonyl (C=O) groups is 1. The maximum absolute atomic E-state index is 13.6. The first kappa shape index (κ1) is 22.0. The molecule has 8 nitrogen and oxygen atoms in total. The zero-order valence-electron chi connectivity index (χ0n) is 18.4. The van der Waals surface area contributed by atoms with E-state index >= 15 is 0 Å². The Morgan fingerprint density at radius 2 is 2.12 bits per heavy atom. The highest BCUT2D eigenvalue weighted by molar-refractivity contribution is 6.03. The van der Waals surface area contributed by atoms with Crippen LogP contribution in [0.1, 0.15) is 24.8 Å². The van der Waals surface area contributed by atoms with E-state index in [1.807, 2.05) is 13.2 Å². The van der Waals surface area contributed by atoms with Gasteiger partial charge in [-0.2, -0.15) is 23.4 Å². The first-order chi connectivity index (χ1) is 15.8. The van der Waals surface area contributed by atoms with Crippen LogP contribution >= 0.6 is 0 Å². The maximum atomic E-state index is 13.6. The van der Waals surface area contributed by atoms with Crippen LogP contribution in [0.25, 0.3) is 0 Å². The van der Waals surface area contributed by atoms with E-state index in [4.69, 9.17) is 0 Å². The summed E-state index contributed by atoms with van der Waals surface area (Å²) in [7, 11) is 1.84. The normalized spacial score (nSPS) is 29.7. The van der Waals surface area contributed by atoms with Gasteiger partial charge in [-0.05, 0) is 24.8 Å². The van der Waals surface area contributed by atoms with Crippen LogP contribution < -0.4 is 16.1 Å². The topological polar surface area (TPSA) is 86.6 Å². The highest BCUT2D eigenvalue weighted by Crippen LogP contribution is 2.38. The number of rotatable bonds is 3. The van der Waals surface area contributed by atoms with Crippen molar-refractivity contribution in [2.75, 3.05) is 26.2 Å². The number of nitrogens with one attached hydrogen (secondary N) is 3. The molecule has 5 rings (SSSR count). The SMILES string of the molecule is Cn1cc(C2=NNC3CCN(C(=O)NC4CNCC4C4=C(C(F)(F)F)CCC=C4)CC23)cn1. The number of amides is 2. The van der Waals surface area contributed by atoms with Crippen LogP contribution in [0.5, 0.6) is 0 Å². The quantitative estimate of drug-likeness (QED) is 0.640. The fraction of sp³-hybridized carbons (Fsp3) is 0.591. The van der Waals surface area contributed by atoms with Crippen LogP contribution in [0.3, 0.4) is 0 Å². The second-order valence-electron chi connectivity index (χ2n) is 9.17. The fourth-order valence-electron chi connectivity index (χ4n) is 5.38. The lowest BCUT2D eigenvalue weighted by atomic mass is 9.85. The molecule has 33 heavy (non-hydrogen) atoms. The molecule has 0 saturated carbocycles. The lowest BCUT2D eigenvalue weighted by Gasteiger charge is -2.36. The van der Waals surface area contributed by atoms with Gasteiger partial charge in [-0.3, -0.25) is 4.68 Å². The molecule has 4 atom stereocenters. The minimum absolute atomic E-state index is 0.00878. The Bertz CT molecular complexity index is 1010. The molecule has 3 N–H and O–H groups in total. The van der Waals surface area contributed by atoms with Crippen molar-refractivity contribution in [3.05, 3.63) is 41.3 Å². The molecule has 4 aliphatic rings. The zero-order valence-corrected chi connectivity index (χ0v) is 18.4. The number of aryl methyl sites for hydroxylation is 1. The number of hydrazone groups is 1. The summed E-state index contributed by atoms with van der Waals surface area (Å²) >= 11 is 0. The number of hydrogen-bond donors (Lipinski definition) is 3. The molecule has 1 aliphatic carbocycles. The predicted molar refractivity (Wildman–Crippen MR) is 116 cm³/mol. The maximum Gasteiger partial charge on any atom is 0.412 e. The van der Waals surface area contributed by atoms with Gasteiger partial charge in [-0.15, -0.1) is 0 Å². The van der Waals surface area contributed by atoms with Crippen molar-refractivity contribution in [3.63, 3.8) is 0 Å². The summed E-state index contributed by atoms with van der Waals surface area (Å²) in [5.74, 6) is -0.354. The van der Waals surface area contributed by atoms with Gasteiger partial charge in [-0.25, -0.2) is 4.79 Å². The standard InChI is InChI=1S/C22H28F3N7O/c1-31-11-13(8-27-31)20-16-12-32(7-6-18(16)29-30-20)21(33)28-19-10-26-9-15(19)14-4-2-3-5-17(14)22(23,24)25/h2,4,8,11,15-16,18-19,26,29H,3,5-7,9-10,12H2,1H3,(H,28,33). The van der Waals surface area contributed by atoms with E-state index in [1.165, 1.54) is 0 Å². The average molecular weight is 464 g/mol. The number of aromatic nitrogens is 2. The predicted octanol–water partition coefficient (Wildman–Crippen LogP) is 1.92. The Balaban J connectivity index is 1.28. The van der Waals surface area contributed by atoms with Gasteiger partial charge >= 0.3 is 12.2 Å². The summed E-state index contributed by atoms with van der Waals surface area (Å²) < 4.78 is 42.5. The lowest BCUT2D eigenvalue weighted by Crippen LogP contribution is -2.54. The summed E-state index contributed by atoms with van der Waals surface area (Å²) in [5, 5.41) is 14.9. The Hall–Kier alpha value is -2.82. The van der Waals surface area contributed by atoms with Crippen LogP contribution in [-0.2, 0) is 7.05 Å². The number of piperidine rings is 1. The Labute approximate surface area is 190 Å². The molecule has 1 aromatic rings. The van der Waals surface area contributed by atoms with Crippen molar-refractivity contribution in [3.8, 4) is 0 Å². The number of carbonyl (C=O) groups excluding carboxylic acids is 1. The highest BCUT2D eigenvalue weighted by atomic mass is 19.4. The molecular formula is C22H28F3N7O. The summed E-state index contributed by atoms with van der Waals surface area (Å²) in [6.45, 7) is 1.93. The Morgan fingerprint density at radius 1 is 1.27 bits per heavy atom. The summed E-state index contributed by atoms with van der Waals surface area (Å²) in [5.41, 5.74) is 4.83. The molecule has 1 aromatic heterocycles. The van der Waals surface area contributed by atoms with Gasteiger partial charge in [0.25, 0.3) is 0 Å². The molecule has 0 radical (unpaired) electrons. The van der Waals surface area contributed by atoms with E-state index in [0.717, 1.165) is 17.7 Å². The summed E-state index contributed by atoms with van der Waals surface area (Å²) in [4.78, 5) is 14.9. The minimum atomic E-state index is -4.35. The zero-order chi connectivity index (χ0) is 23.2. The molecule has 4 unspecified atom stereocenters. The average Bonchev–Trinajstić information content (AvgIpc) is 3.52. The largest absolute Gasteiger partial charge is 0.412 e. The second kappa shape index (κ2) is 8.51. The van der Waals surface area contributed by atoms with E-state index in [0.29, 0.717) is 38.2 Å². The van der Waals surface area contributed by atoms with Gasteiger partial charge in [0.05, 0.1) is 24.0 Å². The molecule has 3 aliphatic heterocycles. The third-order valence-electron chi connectivity index (χ3n) is 7.07. The molecule has 4 heterocycles. The van der Waals surface area contributed by atoms with Crippen molar-refractivity contribution in [1.82, 2.24) is 30.7 Å². The Kier molecular flexibility index (Phi) is 5.67. The van der Waals surface area contributed by atoms with E-state index in [9.17, 15) is 18.0 Å².